The number of methoxy groups -OCH3 is 1. The fourth-order valence-corrected chi connectivity index (χ4v) is 2.79. The molecule has 0 radical (unpaired) electrons. The standard InChI is InChI=1S/C17H21N3O4S/c1-10(2)8-13-15(22)19-17(20-16(13)23)25-9-14(21)18-11-4-6-12(24-3)7-5-11/h4-7,10H,8-9H2,1-3H3,(H,18,21)(H2,19,20,22,23). The van der Waals surface area contributed by atoms with Crippen LogP contribution in [0.15, 0.2) is 34.2 Å². The van der Waals surface area contributed by atoms with Crippen molar-refractivity contribution in [2.24, 2.45) is 5.92 Å². The number of aromatic nitrogens is 2. The molecule has 1 aromatic carbocycles. The summed E-state index contributed by atoms with van der Waals surface area (Å²) in [4.78, 5) is 30.5. The van der Waals surface area contributed by atoms with Gasteiger partial charge in [0.1, 0.15) is 5.75 Å². The number of hydrogen-bond acceptors (Lipinski definition) is 6. The van der Waals surface area contributed by atoms with E-state index in [9.17, 15) is 14.7 Å². The number of hydrogen-bond donors (Lipinski definition) is 3. The maximum Gasteiger partial charge on any atom is 0.258 e. The van der Waals surface area contributed by atoms with Gasteiger partial charge in [-0.3, -0.25) is 9.59 Å². The van der Waals surface area contributed by atoms with Gasteiger partial charge in [-0.15, -0.1) is 0 Å². The second kappa shape index (κ2) is 8.57. The van der Waals surface area contributed by atoms with Gasteiger partial charge in [-0.25, -0.2) is 0 Å². The third-order valence-electron chi connectivity index (χ3n) is 3.30. The highest BCUT2D eigenvalue weighted by Crippen LogP contribution is 2.19. The first-order valence-corrected chi connectivity index (χ1v) is 8.76. The molecule has 0 aliphatic carbocycles. The topological polar surface area (TPSA) is 104 Å². The molecule has 0 atom stereocenters. The maximum absolute atomic E-state index is 12.0. The van der Waals surface area contributed by atoms with Crippen molar-refractivity contribution in [3.8, 4) is 11.6 Å². The molecule has 3 N–H and O–H groups in total. The largest absolute Gasteiger partial charge is 0.497 e. The molecule has 0 aliphatic rings. The number of amides is 1. The SMILES string of the molecule is COc1ccc(NC(=O)CSc2nc(O)c(CC(C)C)c(=O)[nH]2)cc1. The molecule has 134 valence electrons. The molecule has 1 amide bonds. The fraction of sp³-hybridized carbons (Fsp3) is 0.353. The molecule has 0 spiro atoms. The Hall–Kier alpha value is -2.48. The van der Waals surface area contributed by atoms with E-state index in [1.54, 1.807) is 31.4 Å². The van der Waals surface area contributed by atoms with Crippen molar-refractivity contribution in [1.29, 1.82) is 0 Å². The average molecular weight is 363 g/mol. The van der Waals surface area contributed by atoms with Gasteiger partial charge in [0, 0.05) is 5.69 Å². The first kappa shape index (κ1) is 18.9. The lowest BCUT2D eigenvalue weighted by atomic mass is 10.1. The van der Waals surface area contributed by atoms with E-state index in [1.165, 1.54) is 0 Å². The number of carbonyl (C=O) groups excluding carboxylic acids is 1. The van der Waals surface area contributed by atoms with Crippen molar-refractivity contribution in [2.75, 3.05) is 18.2 Å². The number of carbonyl (C=O) groups is 1. The number of H-pyrrole nitrogens is 1. The first-order chi connectivity index (χ1) is 11.9. The summed E-state index contributed by atoms with van der Waals surface area (Å²) in [6, 6.07) is 6.95. The first-order valence-electron chi connectivity index (χ1n) is 7.78. The highest BCUT2D eigenvalue weighted by atomic mass is 32.2. The van der Waals surface area contributed by atoms with Crippen LogP contribution in [-0.4, -0.2) is 33.8 Å². The van der Waals surface area contributed by atoms with E-state index < -0.39 is 0 Å². The molecule has 2 rings (SSSR count). The Morgan fingerprint density at radius 1 is 1.36 bits per heavy atom. The van der Waals surface area contributed by atoms with Gasteiger partial charge in [-0.05, 0) is 36.6 Å². The Morgan fingerprint density at radius 2 is 2.04 bits per heavy atom. The van der Waals surface area contributed by atoms with Gasteiger partial charge in [0.25, 0.3) is 5.56 Å². The molecule has 0 saturated heterocycles. The van der Waals surface area contributed by atoms with Crippen molar-refractivity contribution in [2.45, 2.75) is 25.4 Å². The molecular formula is C17H21N3O4S. The lowest BCUT2D eigenvalue weighted by Gasteiger charge is -2.08. The second-order valence-corrected chi connectivity index (χ2v) is 6.80. The Kier molecular flexibility index (Phi) is 6.46. The molecule has 0 unspecified atom stereocenters. The van der Waals surface area contributed by atoms with Crippen LogP contribution in [-0.2, 0) is 11.2 Å². The van der Waals surface area contributed by atoms with Crippen LogP contribution < -0.4 is 15.6 Å². The molecular weight excluding hydrogens is 342 g/mol. The zero-order valence-corrected chi connectivity index (χ0v) is 15.1. The lowest BCUT2D eigenvalue weighted by molar-refractivity contribution is -0.113. The van der Waals surface area contributed by atoms with Gasteiger partial charge >= 0.3 is 0 Å². The Balaban J connectivity index is 1.96. The summed E-state index contributed by atoms with van der Waals surface area (Å²) in [5, 5.41) is 12.9. The molecule has 0 bridgehead atoms. The second-order valence-electron chi connectivity index (χ2n) is 5.84. The lowest BCUT2D eigenvalue weighted by Crippen LogP contribution is -2.18. The minimum atomic E-state index is -0.376. The number of aromatic hydroxyl groups is 1. The molecule has 0 saturated carbocycles. The monoisotopic (exact) mass is 363 g/mol. The predicted octanol–water partition coefficient (Wildman–Crippen LogP) is 2.41. The number of rotatable bonds is 7. The smallest absolute Gasteiger partial charge is 0.258 e. The molecule has 8 heteroatoms. The predicted molar refractivity (Wildman–Crippen MR) is 97.4 cm³/mol. The zero-order valence-electron chi connectivity index (χ0n) is 14.3. The third-order valence-corrected chi connectivity index (χ3v) is 4.17. The number of thioether (sulfide) groups is 1. The zero-order chi connectivity index (χ0) is 18.4. The van der Waals surface area contributed by atoms with Crippen LogP contribution in [0.3, 0.4) is 0 Å². The summed E-state index contributed by atoms with van der Waals surface area (Å²) in [6.07, 6.45) is 0.442. The summed E-state index contributed by atoms with van der Waals surface area (Å²) in [5.41, 5.74) is 0.532. The number of nitrogens with one attached hydrogen (secondary N) is 2. The van der Waals surface area contributed by atoms with E-state index in [0.717, 1.165) is 11.8 Å². The molecule has 1 heterocycles. The Labute approximate surface area is 149 Å². The Morgan fingerprint density at radius 3 is 2.60 bits per heavy atom. The normalized spacial score (nSPS) is 10.7. The number of anilines is 1. The summed E-state index contributed by atoms with van der Waals surface area (Å²) >= 11 is 1.05. The number of nitrogens with zero attached hydrogens (tertiary/aromatic N) is 1. The van der Waals surface area contributed by atoms with Gasteiger partial charge in [-0.2, -0.15) is 4.98 Å². The van der Waals surface area contributed by atoms with Crippen molar-refractivity contribution >= 4 is 23.4 Å². The van der Waals surface area contributed by atoms with Crippen molar-refractivity contribution in [3.63, 3.8) is 0 Å². The minimum absolute atomic E-state index is 0.0535. The van der Waals surface area contributed by atoms with Gasteiger partial charge in [0.05, 0.1) is 18.4 Å². The molecule has 0 aliphatic heterocycles. The molecule has 25 heavy (non-hydrogen) atoms. The van der Waals surface area contributed by atoms with Crippen LogP contribution in [0.25, 0.3) is 0 Å². The molecule has 7 nitrogen and oxygen atoms in total. The van der Waals surface area contributed by atoms with E-state index in [1.807, 2.05) is 13.8 Å². The van der Waals surface area contributed by atoms with Crippen molar-refractivity contribution < 1.29 is 14.6 Å². The van der Waals surface area contributed by atoms with Crippen molar-refractivity contribution in [3.05, 3.63) is 40.2 Å². The van der Waals surface area contributed by atoms with Gasteiger partial charge in [0.2, 0.25) is 11.8 Å². The third kappa shape index (κ3) is 5.53. The molecule has 2 aromatic rings. The summed E-state index contributed by atoms with van der Waals surface area (Å²) < 4.78 is 5.05. The van der Waals surface area contributed by atoms with E-state index in [2.05, 4.69) is 15.3 Å². The van der Waals surface area contributed by atoms with Gasteiger partial charge < -0.3 is 20.1 Å². The van der Waals surface area contributed by atoms with Crippen LogP contribution in [0.5, 0.6) is 11.6 Å². The van der Waals surface area contributed by atoms with E-state index in [0.29, 0.717) is 17.9 Å². The number of benzene rings is 1. The summed E-state index contributed by atoms with van der Waals surface area (Å²) in [7, 11) is 1.57. The maximum atomic E-state index is 12.0. The van der Waals surface area contributed by atoms with E-state index in [-0.39, 0.29) is 39.7 Å². The minimum Gasteiger partial charge on any atom is -0.497 e. The summed E-state index contributed by atoms with van der Waals surface area (Å²) in [5.74, 6) is 0.450. The van der Waals surface area contributed by atoms with Gasteiger partial charge in [-0.1, -0.05) is 25.6 Å². The van der Waals surface area contributed by atoms with Crippen molar-refractivity contribution in [1.82, 2.24) is 9.97 Å². The number of ether oxygens (including phenoxy) is 1. The molecule has 1 aromatic heterocycles. The Bertz CT molecular complexity index is 787. The molecule has 0 fully saturated rings. The van der Waals surface area contributed by atoms with Crippen LogP contribution in [0.1, 0.15) is 19.4 Å². The van der Waals surface area contributed by atoms with E-state index in [4.69, 9.17) is 4.74 Å². The van der Waals surface area contributed by atoms with Crippen LogP contribution >= 0.6 is 11.8 Å². The van der Waals surface area contributed by atoms with Crippen LogP contribution in [0, 0.1) is 5.92 Å². The quantitative estimate of drug-likeness (QED) is 0.515. The van der Waals surface area contributed by atoms with Crippen LogP contribution in [0.2, 0.25) is 0 Å². The fourth-order valence-electron chi connectivity index (χ4n) is 2.13. The van der Waals surface area contributed by atoms with Crippen LogP contribution in [0.4, 0.5) is 5.69 Å². The highest BCUT2D eigenvalue weighted by molar-refractivity contribution is 7.99. The van der Waals surface area contributed by atoms with Gasteiger partial charge in [0.15, 0.2) is 5.16 Å². The highest BCUT2D eigenvalue weighted by Gasteiger charge is 2.13. The summed E-state index contributed by atoms with van der Waals surface area (Å²) in [6.45, 7) is 3.90. The number of aromatic amines is 1. The average Bonchev–Trinajstić information content (AvgIpc) is 2.57. The van der Waals surface area contributed by atoms with E-state index >= 15 is 0 Å².